The van der Waals surface area contributed by atoms with Gasteiger partial charge in [-0.1, -0.05) is 6.08 Å². The predicted octanol–water partition coefficient (Wildman–Crippen LogP) is 1.35. The van der Waals surface area contributed by atoms with Gasteiger partial charge in [-0.25, -0.2) is 8.78 Å². The molecule has 0 amide bonds. The van der Waals surface area contributed by atoms with Crippen molar-refractivity contribution in [2.75, 3.05) is 33.7 Å². The van der Waals surface area contributed by atoms with Crippen molar-refractivity contribution < 1.29 is 8.78 Å². The van der Waals surface area contributed by atoms with Gasteiger partial charge < -0.3 is 10.2 Å². The van der Waals surface area contributed by atoms with E-state index in [1.165, 1.54) is 7.05 Å². The number of hydrogen-bond donors (Lipinski definition) is 1. The minimum absolute atomic E-state index is 0.207. The van der Waals surface area contributed by atoms with E-state index in [2.05, 4.69) is 11.9 Å². The molecule has 0 saturated heterocycles. The highest BCUT2D eigenvalue weighted by molar-refractivity contribution is 4.75. The van der Waals surface area contributed by atoms with Crippen LogP contribution in [0.4, 0.5) is 8.78 Å². The fourth-order valence-corrected chi connectivity index (χ4v) is 1.10. The molecule has 13 heavy (non-hydrogen) atoms. The van der Waals surface area contributed by atoms with Crippen molar-refractivity contribution in [2.45, 2.75) is 12.3 Å². The largest absolute Gasteiger partial charge is 0.314 e. The quantitative estimate of drug-likeness (QED) is 0.612. The Morgan fingerprint density at radius 3 is 2.62 bits per heavy atom. The second-order valence-electron chi connectivity index (χ2n) is 3.20. The van der Waals surface area contributed by atoms with Gasteiger partial charge in [0.2, 0.25) is 0 Å². The summed E-state index contributed by atoms with van der Waals surface area (Å²) in [5.74, 6) is -2.65. The average molecular weight is 192 g/mol. The Bertz CT molecular complexity index is 149. The summed E-state index contributed by atoms with van der Waals surface area (Å²) in [5, 5.41) is 2.47. The van der Waals surface area contributed by atoms with Crippen LogP contribution in [0.1, 0.15) is 6.42 Å². The van der Waals surface area contributed by atoms with E-state index in [0.717, 1.165) is 6.42 Å². The number of halogens is 2. The van der Waals surface area contributed by atoms with E-state index in [4.69, 9.17) is 0 Å². The van der Waals surface area contributed by atoms with Gasteiger partial charge in [-0.15, -0.1) is 6.58 Å². The summed E-state index contributed by atoms with van der Waals surface area (Å²) in [4.78, 5) is 1.61. The Labute approximate surface area is 78.6 Å². The van der Waals surface area contributed by atoms with Crippen LogP contribution >= 0.6 is 0 Å². The number of alkyl halides is 2. The summed E-state index contributed by atoms with van der Waals surface area (Å²) < 4.78 is 25.9. The zero-order valence-electron chi connectivity index (χ0n) is 8.32. The zero-order chi connectivity index (χ0) is 10.3. The lowest BCUT2D eigenvalue weighted by molar-refractivity contribution is -0.0229. The molecule has 0 fully saturated rings. The summed E-state index contributed by atoms with van der Waals surface area (Å²) in [6.45, 7) is 3.69. The fraction of sp³-hybridized carbons (Fsp3) is 0.778. The van der Waals surface area contributed by atoms with Crippen molar-refractivity contribution in [1.29, 1.82) is 0 Å². The number of nitrogens with one attached hydrogen (secondary N) is 1. The van der Waals surface area contributed by atoms with Crippen LogP contribution in [0, 0.1) is 0 Å². The Hall–Kier alpha value is -0.480. The van der Waals surface area contributed by atoms with E-state index in [-0.39, 0.29) is 13.1 Å². The van der Waals surface area contributed by atoms with Crippen LogP contribution in [-0.4, -0.2) is 44.6 Å². The van der Waals surface area contributed by atoms with Gasteiger partial charge in [0, 0.05) is 6.54 Å². The first-order valence-electron chi connectivity index (χ1n) is 4.33. The van der Waals surface area contributed by atoms with Gasteiger partial charge in [-0.05, 0) is 20.5 Å². The fourth-order valence-electron chi connectivity index (χ4n) is 1.10. The van der Waals surface area contributed by atoms with Gasteiger partial charge in [0.25, 0.3) is 5.92 Å². The molecule has 0 aliphatic heterocycles. The molecule has 2 nitrogen and oxygen atoms in total. The van der Waals surface area contributed by atoms with Gasteiger partial charge >= 0.3 is 0 Å². The van der Waals surface area contributed by atoms with Crippen molar-refractivity contribution in [3.8, 4) is 0 Å². The van der Waals surface area contributed by atoms with Gasteiger partial charge in [0.1, 0.15) is 0 Å². The second kappa shape index (κ2) is 6.05. The number of nitrogens with zero attached hydrogens (tertiary/aromatic N) is 1. The standard InChI is InChI=1S/C9H18F2N2/c1-4-5-6-13(3)8-9(10,11)7-12-2/h4,12H,1,5-8H2,2-3H3. The maximum absolute atomic E-state index is 13.0. The molecular formula is C9H18F2N2. The molecule has 0 saturated carbocycles. The maximum Gasteiger partial charge on any atom is 0.272 e. The molecule has 0 bridgehead atoms. The summed E-state index contributed by atoms with van der Waals surface area (Å²) in [5.41, 5.74) is 0. The third kappa shape index (κ3) is 6.66. The van der Waals surface area contributed by atoms with E-state index in [1.807, 2.05) is 0 Å². The lowest BCUT2D eigenvalue weighted by Crippen LogP contribution is -2.41. The summed E-state index contributed by atoms with van der Waals surface area (Å²) in [6.07, 6.45) is 2.47. The molecule has 0 heterocycles. The molecule has 0 spiro atoms. The van der Waals surface area contributed by atoms with Crippen molar-refractivity contribution >= 4 is 0 Å². The van der Waals surface area contributed by atoms with E-state index >= 15 is 0 Å². The van der Waals surface area contributed by atoms with Crippen molar-refractivity contribution in [1.82, 2.24) is 10.2 Å². The van der Waals surface area contributed by atoms with Gasteiger partial charge in [-0.2, -0.15) is 0 Å². The van der Waals surface area contributed by atoms with Crippen molar-refractivity contribution in [2.24, 2.45) is 0 Å². The van der Waals surface area contributed by atoms with Gasteiger partial charge in [0.05, 0.1) is 13.1 Å². The van der Waals surface area contributed by atoms with Crippen LogP contribution < -0.4 is 5.32 Å². The molecule has 78 valence electrons. The molecule has 0 aromatic heterocycles. The number of rotatable bonds is 7. The Balaban J connectivity index is 3.73. The van der Waals surface area contributed by atoms with Crippen LogP contribution in [0.2, 0.25) is 0 Å². The lowest BCUT2D eigenvalue weighted by Gasteiger charge is -2.22. The predicted molar refractivity (Wildman–Crippen MR) is 51.2 cm³/mol. The first kappa shape index (κ1) is 12.5. The van der Waals surface area contributed by atoms with Gasteiger partial charge in [0.15, 0.2) is 0 Å². The highest BCUT2D eigenvalue weighted by Crippen LogP contribution is 2.13. The molecule has 0 aromatic carbocycles. The van der Waals surface area contributed by atoms with E-state index in [1.54, 1.807) is 18.0 Å². The Morgan fingerprint density at radius 1 is 1.54 bits per heavy atom. The van der Waals surface area contributed by atoms with Crippen LogP contribution in [0.3, 0.4) is 0 Å². The Kier molecular flexibility index (Phi) is 5.82. The third-order valence-electron chi connectivity index (χ3n) is 1.65. The Morgan fingerprint density at radius 2 is 2.15 bits per heavy atom. The lowest BCUT2D eigenvalue weighted by atomic mass is 10.3. The normalized spacial score (nSPS) is 12.1. The third-order valence-corrected chi connectivity index (χ3v) is 1.65. The first-order chi connectivity index (χ1) is 6.02. The van der Waals surface area contributed by atoms with Crippen LogP contribution in [-0.2, 0) is 0 Å². The molecule has 0 radical (unpaired) electrons. The minimum atomic E-state index is -2.65. The zero-order valence-corrected chi connectivity index (χ0v) is 8.32. The van der Waals surface area contributed by atoms with E-state index in [0.29, 0.717) is 6.54 Å². The molecular weight excluding hydrogens is 174 g/mol. The van der Waals surface area contributed by atoms with Gasteiger partial charge in [-0.3, -0.25) is 0 Å². The molecule has 0 aliphatic rings. The molecule has 0 unspecified atom stereocenters. The molecule has 1 N–H and O–H groups in total. The molecule has 0 rings (SSSR count). The minimum Gasteiger partial charge on any atom is -0.314 e. The van der Waals surface area contributed by atoms with Crippen LogP contribution in [0.15, 0.2) is 12.7 Å². The maximum atomic E-state index is 13.0. The highest BCUT2D eigenvalue weighted by atomic mass is 19.3. The van der Waals surface area contributed by atoms with Crippen LogP contribution in [0.5, 0.6) is 0 Å². The SMILES string of the molecule is C=CCCN(C)CC(F)(F)CNC. The highest BCUT2D eigenvalue weighted by Gasteiger charge is 2.28. The first-order valence-corrected chi connectivity index (χ1v) is 4.33. The van der Waals surface area contributed by atoms with Crippen molar-refractivity contribution in [3.63, 3.8) is 0 Å². The number of hydrogen-bond acceptors (Lipinski definition) is 2. The molecule has 4 heteroatoms. The summed E-state index contributed by atoms with van der Waals surface area (Å²) in [7, 11) is 3.21. The van der Waals surface area contributed by atoms with E-state index in [9.17, 15) is 8.78 Å². The van der Waals surface area contributed by atoms with Crippen LogP contribution in [0.25, 0.3) is 0 Å². The smallest absolute Gasteiger partial charge is 0.272 e. The molecule has 0 aromatic rings. The molecule has 0 aliphatic carbocycles. The topological polar surface area (TPSA) is 15.3 Å². The summed E-state index contributed by atoms with van der Waals surface area (Å²) in [6, 6.07) is 0. The molecule has 0 atom stereocenters. The second-order valence-corrected chi connectivity index (χ2v) is 3.20. The van der Waals surface area contributed by atoms with Crippen molar-refractivity contribution in [3.05, 3.63) is 12.7 Å². The monoisotopic (exact) mass is 192 g/mol. The average Bonchev–Trinajstić information content (AvgIpc) is 1.99. The summed E-state index contributed by atoms with van der Waals surface area (Å²) >= 11 is 0. The van der Waals surface area contributed by atoms with E-state index < -0.39 is 5.92 Å².